The second kappa shape index (κ2) is 4.34. The van der Waals surface area contributed by atoms with Crippen LogP contribution >= 0.6 is 0 Å². The number of anilines is 1. The third-order valence-electron chi connectivity index (χ3n) is 3.88. The van der Waals surface area contributed by atoms with Gasteiger partial charge in [0.2, 0.25) is 0 Å². The van der Waals surface area contributed by atoms with Gasteiger partial charge in [-0.25, -0.2) is 4.98 Å². The molecule has 0 aromatic carbocycles. The second-order valence-electron chi connectivity index (χ2n) is 4.86. The fourth-order valence-corrected chi connectivity index (χ4v) is 2.96. The lowest BCUT2D eigenvalue weighted by atomic mass is 9.93. The van der Waals surface area contributed by atoms with E-state index < -0.39 is 0 Å². The number of hydrogen-bond donors (Lipinski definition) is 1. The van der Waals surface area contributed by atoms with Gasteiger partial charge >= 0.3 is 0 Å². The van der Waals surface area contributed by atoms with E-state index in [1.165, 1.54) is 12.8 Å². The van der Waals surface area contributed by atoms with Crippen molar-refractivity contribution in [3.05, 3.63) is 24.0 Å². The fourth-order valence-electron chi connectivity index (χ4n) is 2.96. The molecule has 0 spiro atoms. The van der Waals surface area contributed by atoms with Crippen molar-refractivity contribution in [1.29, 1.82) is 5.26 Å². The minimum Gasteiger partial charge on any atom is -0.371 e. The Labute approximate surface area is 101 Å². The highest BCUT2D eigenvalue weighted by Gasteiger charge is 2.32. The predicted molar refractivity (Wildman–Crippen MR) is 65.7 cm³/mol. The van der Waals surface area contributed by atoms with Gasteiger partial charge in [-0.15, -0.1) is 0 Å². The van der Waals surface area contributed by atoms with Gasteiger partial charge in [-0.2, -0.15) is 5.26 Å². The summed E-state index contributed by atoms with van der Waals surface area (Å²) in [5, 5.41) is 12.4. The number of nitrogens with zero attached hydrogens (tertiary/aromatic N) is 3. The van der Waals surface area contributed by atoms with Gasteiger partial charge in [0.05, 0.1) is 0 Å². The van der Waals surface area contributed by atoms with Gasteiger partial charge < -0.3 is 10.2 Å². The van der Waals surface area contributed by atoms with E-state index in [2.05, 4.69) is 21.3 Å². The van der Waals surface area contributed by atoms with Crippen LogP contribution < -0.4 is 10.2 Å². The minimum absolute atomic E-state index is 0.508. The highest BCUT2D eigenvalue weighted by Crippen LogP contribution is 2.28. The molecule has 2 fully saturated rings. The first-order chi connectivity index (χ1) is 8.36. The third-order valence-corrected chi connectivity index (χ3v) is 3.88. The molecule has 4 nitrogen and oxygen atoms in total. The number of piperidine rings is 1. The zero-order chi connectivity index (χ0) is 11.7. The summed E-state index contributed by atoms with van der Waals surface area (Å²) in [6.07, 6.45) is 4.21. The van der Waals surface area contributed by atoms with Gasteiger partial charge in [-0.3, -0.25) is 0 Å². The van der Waals surface area contributed by atoms with Crippen molar-refractivity contribution in [2.24, 2.45) is 5.92 Å². The van der Waals surface area contributed by atoms with Crippen LogP contribution in [0.4, 0.5) is 5.69 Å². The average molecular weight is 228 g/mol. The highest BCUT2D eigenvalue weighted by atomic mass is 15.2. The maximum Gasteiger partial charge on any atom is 0.142 e. The molecular weight excluding hydrogens is 212 g/mol. The maximum atomic E-state index is 8.87. The number of fused-ring (bicyclic) bond motifs is 1. The summed E-state index contributed by atoms with van der Waals surface area (Å²) in [5.74, 6) is 0.766. The molecule has 2 saturated heterocycles. The quantitative estimate of drug-likeness (QED) is 0.783. The van der Waals surface area contributed by atoms with Gasteiger partial charge in [-0.1, -0.05) is 0 Å². The van der Waals surface area contributed by atoms with Crippen LogP contribution in [0.1, 0.15) is 18.5 Å². The van der Waals surface area contributed by atoms with Gasteiger partial charge in [0.15, 0.2) is 0 Å². The lowest BCUT2D eigenvalue weighted by Gasteiger charge is -2.36. The van der Waals surface area contributed by atoms with Crippen LogP contribution in [0, 0.1) is 17.2 Å². The van der Waals surface area contributed by atoms with Gasteiger partial charge in [0.1, 0.15) is 11.8 Å². The van der Waals surface area contributed by atoms with Gasteiger partial charge in [0.25, 0.3) is 0 Å². The van der Waals surface area contributed by atoms with Crippen LogP contribution in [0.5, 0.6) is 0 Å². The lowest BCUT2D eigenvalue weighted by molar-refractivity contribution is 0.376. The van der Waals surface area contributed by atoms with Crippen molar-refractivity contribution in [2.75, 3.05) is 24.5 Å². The molecule has 3 rings (SSSR count). The number of nitriles is 1. The molecule has 0 aliphatic carbocycles. The molecule has 17 heavy (non-hydrogen) atoms. The van der Waals surface area contributed by atoms with Gasteiger partial charge in [0, 0.05) is 31.0 Å². The summed E-state index contributed by atoms with van der Waals surface area (Å²) in [7, 11) is 0. The topological polar surface area (TPSA) is 52.0 Å². The molecule has 1 aromatic rings. The molecule has 2 atom stereocenters. The van der Waals surface area contributed by atoms with Crippen molar-refractivity contribution in [3.63, 3.8) is 0 Å². The highest BCUT2D eigenvalue weighted by molar-refractivity contribution is 5.49. The number of hydrogen-bond acceptors (Lipinski definition) is 4. The molecule has 0 bridgehead atoms. The molecule has 0 saturated carbocycles. The van der Waals surface area contributed by atoms with Crippen molar-refractivity contribution in [2.45, 2.75) is 18.9 Å². The number of aromatic nitrogens is 1. The summed E-state index contributed by atoms with van der Waals surface area (Å²) in [6, 6.07) is 6.71. The molecule has 1 N–H and O–H groups in total. The normalized spacial score (nSPS) is 27.6. The maximum absolute atomic E-state index is 8.87. The molecule has 88 valence electrons. The van der Waals surface area contributed by atoms with Crippen molar-refractivity contribution in [1.82, 2.24) is 10.3 Å². The summed E-state index contributed by atoms with van der Waals surface area (Å²) < 4.78 is 0. The first-order valence-corrected chi connectivity index (χ1v) is 6.21. The van der Waals surface area contributed by atoms with Crippen LogP contribution in [-0.2, 0) is 0 Å². The Morgan fingerprint density at radius 1 is 1.47 bits per heavy atom. The summed E-state index contributed by atoms with van der Waals surface area (Å²) in [6.45, 7) is 3.33. The Morgan fingerprint density at radius 3 is 3.29 bits per heavy atom. The third kappa shape index (κ3) is 1.98. The Balaban J connectivity index is 1.78. The summed E-state index contributed by atoms with van der Waals surface area (Å²) >= 11 is 0. The van der Waals surface area contributed by atoms with Crippen molar-refractivity contribution in [3.8, 4) is 6.07 Å². The smallest absolute Gasteiger partial charge is 0.142 e. The van der Waals surface area contributed by atoms with Crippen LogP contribution in [0.3, 0.4) is 0 Å². The zero-order valence-electron chi connectivity index (χ0n) is 9.76. The van der Waals surface area contributed by atoms with E-state index in [1.54, 1.807) is 6.20 Å². The second-order valence-corrected chi connectivity index (χ2v) is 4.86. The fraction of sp³-hybridized carbons (Fsp3) is 0.538. The predicted octanol–water partition coefficient (Wildman–Crippen LogP) is 1.14. The molecule has 3 heterocycles. The minimum atomic E-state index is 0.508. The van der Waals surface area contributed by atoms with E-state index in [0.717, 1.165) is 31.2 Å². The standard InChI is InChI=1S/C13H16N4/c14-8-11-7-12(2-5-15-11)17-6-3-13-10(9-17)1-4-16-13/h2,5,7,10,13,16H,1,3-4,6,9H2. The van der Waals surface area contributed by atoms with Crippen LogP contribution in [0.2, 0.25) is 0 Å². The largest absolute Gasteiger partial charge is 0.371 e. The number of rotatable bonds is 1. The van der Waals surface area contributed by atoms with E-state index in [4.69, 9.17) is 5.26 Å². The lowest BCUT2D eigenvalue weighted by Crippen LogP contribution is -2.44. The van der Waals surface area contributed by atoms with E-state index in [1.807, 2.05) is 12.1 Å². The van der Waals surface area contributed by atoms with Gasteiger partial charge in [-0.05, 0) is 37.4 Å². The monoisotopic (exact) mass is 228 g/mol. The van der Waals surface area contributed by atoms with Crippen LogP contribution in [0.15, 0.2) is 18.3 Å². The van der Waals surface area contributed by atoms with E-state index in [9.17, 15) is 0 Å². The summed E-state index contributed by atoms with van der Waals surface area (Å²) in [5.41, 5.74) is 1.65. The van der Waals surface area contributed by atoms with E-state index in [0.29, 0.717) is 11.7 Å². The Bertz CT molecular complexity index is 451. The first-order valence-electron chi connectivity index (χ1n) is 6.21. The molecule has 0 radical (unpaired) electrons. The van der Waals surface area contributed by atoms with Crippen molar-refractivity contribution < 1.29 is 0 Å². The van der Waals surface area contributed by atoms with E-state index >= 15 is 0 Å². The molecule has 2 aliphatic rings. The van der Waals surface area contributed by atoms with E-state index in [-0.39, 0.29) is 0 Å². The van der Waals surface area contributed by atoms with Crippen molar-refractivity contribution >= 4 is 5.69 Å². The summed E-state index contributed by atoms with van der Waals surface area (Å²) in [4.78, 5) is 6.40. The molecule has 2 unspecified atom stereocenters. The molecule has 2 aliphatic heterocycles. The van der Waals surface area contributed by atoms with Crippen LogP contribution in [-0.4, -0.2) is 30.7 Å². The average Bonchev–Trinajstić information content (AvgIpc) is 2.86. The number of nitrogens with one attached hydrogen (secondary N) is 1. The molecular formula is C13H16N4. The molecule has 4 heteroatoms. The SMILES string of the molecule is N#Cc1cc(N2CCC3NCCC3C2)ccn1. The Morgan fingerprint density at radius 2 is 2.41 bits per heavy atom. The van der Waals surface area contributed by atoms with Crippen LogP contribution in [0.25, 0.3) is 0 Å². The molecule has 1 aromatic heterocycles. The Hall–Kier alpha value is -1.60. The zero-order valence-corrected chi connectivity index (χ0v) is 9.76. The number of pyridine rings is 1. The molecule has 0 amide bonds. The first kappa shape index (κ1) is 10.5. The Kier molecular flexibility index (Phi) is 2.69.